The average molecular weight is 289 g/mol. The second-order valence-corrected chi connectivity index (χ2v) is 5.60. The van der Waals surface area contributed by atoms with E-state index in [2.05, 4.69) is 5.32 Å². The van der Waals surface area contributed by atoms with Crippen LogP contribution in [0, 0.1) is 5.82 Å². The van der Waals surface area contributed by atoms with E-state index in [-0.39, 0.29) is 5.54 Å². The monoisotopic (exact) mass is 289 g/mol. The molecule has 1 N–H and O–H groups in total. The number of halogens is 4. The lowest BCUT2D eigenvalue weighted by Crippen LogP contribution is -2.36. The highest BCUT2D eigenvalue weighted by Crippen LogP contribution is 2.32. The molecular formula is C15H19F4N. The number of rotatable bonds is 4. The molecule has 112 valence electrons. The van der Waals surface area contributed by atoms with Crippen LogP contribution in [0.4, 0.5) is 17.6 Å². The molecule has 5 heteroatoms. The van der Waals surface area contributed by atoms with Gasteiger partial charge in [0.05, 0.1) is 5.56 Å². The molecule has 0 aliphatic rings. The van der Waals surface area contributed by atoms with Gasteiger partial charge in [0, 0.05) is 5.54 Å². The smallest absolute Gasteiger partial charge is 0.312 e. The van der Waals surface area contributed by atoms with Gasteiger partial charge < -0.3 is 5.32 Å². The van der Waals surface area contributed by atoms with Gasteiger partial charge in [-0.05, 0) is 51.4 Å². The zero-order valence-corrected chi connectivity index (χ0v) is 11.8. The van der Waals surface area contributed by atoms with Crippen LogP contribution in [0.5, 0.6) is 0 Å². The van der Waals surface area contributed by atoms with Crippen LogP contribution in [-0.4, -0.2) is 12.1 Å². The maximum Gasteiger partial charge on any atom is 0.419 e. The fourth-order valence-corrected chi connectivity index (χ4v) is 1.61. The minimum Gasteiger partial charge on any atom is -0.312 e. The summed E-state index contributed by atoms with van der Waals surface area (Å²) in [5.74, 6) is -1.25. The highest BCUT2D eigenvalue weighted by atomic mass is 19.4. The third kappa shape index (κ3) is 5.74. The van der Waals surface area contributed by atoms with Crippen molar-refractivity contribution in [3.8, 4) is 0 Å². The van der Waals surface area contributed by atoms with E-state index in [1.807, 2.05) is 20.8 Å². The summed E-state index contributed by atoms with van der Waals surface area (Å²) in [4.78, 5) is 0. The van der Waals surface area contributed by atoms with E-state index in [0.29, 0.717) is 12.0 Å². The van der Waals surface area contributed by atoms with E-state index < -0.39 is 17.6 Å². The normalized spacial score (nSPS) is 13.2. The van der Waals surface area contributed by atoms with Gasteiger partial charge in [0.15, 0.2) is 0 Å². The predicted molar refractivity (Wildman–Crippen MR) is 72.8 cm³/mol. The molecule has 1 nitrogen and oxygen atoms in total. The van der Waals surface area contributed by atoms with Crippen molar-refractivity contribution in [2.45, 2.75) is 38.9 Å². The summed E-state index contributed by atoms with van der Waals surface area (Å²) >= 11 is 0. The van der Waals surface area contributed by atoms with Crippen molar-refractivity contribution in [3.05, 3.63) is 41.2 Å². The van der Waals surface area contributed by atoms with E-state index >= 15 is 0 Å². The van der Waals surface area contributed by atoms with Gasteiger partial charge in [-0.25, -0.2) is 4.39 Å². The molecule has 20 heavy (non-hydrogen) atoms. The Labute approximate surface area is 116 Å². The summed E-state index contributed by atoms with van der Waals surface area (Å²) in [7, 11) is 0. The Hall–Kier alpha value is -1.36. The summed E-state index contributed by atoms with van der Waals surface area (Å²) in [5.41, 5.74) is -0.880. The lowest BCUT2D eigenvalue weighted by molar-refractivity contribution is -0.140. The Balaban J connectivity index is 2.65. The largest absolute Gasteiger partial charge is 0.419 e. The highest BCUT2D eigenvalue weighted by Gasteiger charge is 2.33. The van der Waals surface area contributed by atoms with Gasteiger partial charge in [0.2, 0.25) is 0 Å². The van der Waals surface area contributed by atoms with E-state index in [0.717, 1.165) is 18.7 Å². The van der Waals surface area contributed by atoms with E-state index in [9.17, 15) is 17.6 Å². The van der Waals surface area contributed by atoms with Gasteiger partial charge in [-0.2, -0.15) is 13.2 Å². The molecule has 0 aliphatic heterocycles. The van der Waals surface area contributed by atoms with Crippen molar-refractivity contribution in [3.63, 3.8) is 0 Å². The molecule has 0 aliphatic carbocycles. The molecule has 1 rings (SSSR count). The molecule has 0 heterocycles. The van der Waals surface area contributed by atoms with Crippen LogP contribution in [-0.2, 0) is 6.18 Å². The first-order valence-corrected chi connectivity index (χ1v) is 6.38. The third-order valence-corrected chi connectivity index (χ3v) is 2.57. The van der Waals surface area contributed by atoms with Crippen LogP contribution >= 0.6 is 0 Å². The van der Waals surface area contributed by atoms with E-state index in [1.54, 1.807) is 12.2 Å². The van der Waals surface area contributed by atoms with Gasteiger partial charge in [0.1, 0.15) is 5.82 Å². The van der Waals surface area contributed by atoms with Crippen molar-refractivity contribution in [2.24, 2.45) is 0 Å². The molecule has 0 amide bonds. The Bertz CT molecular complexity index is 470. The van der Waals surface area contributed by atoms with Crippen LogP contribution in [0.1, 0.15) is 38.3 Å². The molecule has 0 fully saturated rings. The third-order valence-electron chi connectivity index (χ3n) is 2.57. The van der Waals surface area contributed by atoms with Crippen molar-refractivity contribution in [1.82, 2.24) is 5.32 Å². The zero-order chi connectivity index (χ0) is 15.4. The van der Waals surface area contributed by atoms with Gasteiger partial charge in [0.25, 0.3) is 0 Å². The molecule has 0 radical (unpaired) electrons. The first kappa shape index (κ1) is 16.7. The quantitative estimate of drug-likeness (QED) is 0.629. The van der Waals surface area contributed by atoms with Crippen molar-refractivity contribution in [2.75, 3.05) is 6.54 Å². The average Bonchev–Trinajstić information content (AvgIpc) is 2.27. The Kier molecular flexibility index (Phi) is 5.34. The molecule has 1 aromatic carbocycles. The van der Waals surface area contributed by atoms with Crippen molar-refractivity contribution >= 4 is 6.08 Å². The minimum atomic E-state index is -4.66. The van der Waals surface area contributed by atoms with Gasteiger partial charge >= 0.3 is 6.18 Å². The Morgan fingerprint density at radius 3 is 2.35 bits per heavy atom. The predicted octanol–water partition coefficient (Wildman–Crippen LogP) is 4.64. The second kappa shape index (κ2) is 6.39. The van der Waals surface area contributed by atoms with Crippen molar-refractivity contribution < 1.29 is 17.6 Å². The van der Waals surface area contributed by atoms with Crippen LogP contribution in [0.15, 0.2) is 24.3 Å². The number of alkyl halides is 3. The minimum absolute atomic E-state index is 0.00711. The van der Waals surface area contributed by atoms with Crippen LogP contribution in [0.2, 0.25) is 0 Å². The summed E-state index contributed by atoms with van der Waals surface area (Å²) in [6, 6.07) is 3.00. The number of hydrogen-bond acceptors (Lipinski definition) is 1. The zero-order valence-electron chi connectivity index (χ0n) is 11.8. The highest BCUT2D eigenvalue weighted by molar-refractivity contribution is 5.51. The second-order valence-electron chi connectivity index (χ2n) is 5.60. The molecule has 0 spiro atoms. The van der Waals surface area contributed by atoms with Crippen molar-refractivity contribution in [1.29, 1.82) is 0 Å². The topological polar surface area (TPSA) is 12.0 Å². The number of benzene rings is 1. The Morgan fingerprint density at radius 2 is 1.80 bits per heavy atom. The first-order valence-electron chi connectivity index (χ1n) is 6.38. The molecule has 0 aromatic heterocycles. The molecule has 0 atom stereocenters. The number of hydrogen-bond donors (Lipinski definition) is 1. The number of nitrogens with one attached hydrogen (secondary N) is 1. The molecule has 0 saturated heterocycles. The van der Waals surface area contributed by atoms with Crippen LogP contribution in [0.25, 0.3) is 6.08 Å². The van der Waals surface area contributed by atoms with E-state index in [1.165, 1.54) is 6.07 Å². The fourth-order valence-electron chi connectivity index (χ4n) is 1.61. The molecule has 0 bridgehead atoms. The summed E-state index contributed by atoms with van der Waals surface area (Å²) in [6.07, 6.45) is -0.636. The summed E-state index contributed by atoms with van der Waals surface area (Å²) < 4.78 is 50.7. The van der Waals surface area contributed by atoms with Crippen LogP contribution in [0.3, 0.4) is 0 Å². The molecule has 0 unspecified atom stereocenters. The molecule has 0 saturated carbocycles. The van der Waals surface area contributed by atoms with E-state index in [4.69, 9.17) is 0 Å². The standard InChI is InChI=1S/C15H19F4N/c1-14(2,3)20-9-5-4-6-11-7-8-13(16)12(10-11)15(17,18)19/h4,6-8,10,20H,5,9H2,1-3H3/b6-4+. The summed E-state index contributed by atoms with van der Waals surface area (Å²) in [6.45, 7) is 6.83. The maximum atomic E-state index is 13.1. The summed E-state index contributed by atoms with van der Waals surface area (Å²) in [5, 5.41) is 3.26. The lowest BCUT2D eigenvalue weighted by atomic mass is 10.1. The fraction of sp³-hybridized carbons (Fsp3) is 0.467. The van der Waals surface area contributed by atoms with Gasteiger partial charge in [-0.15, -0.1) is 0 Å². The Morgan fingerprint density at radius 1 is 1.15 bits per heavy atom. The SMILES string of the molecule is CC(C)(C)NCC/C=C/c1ccc(F)c(C(F)(F)F)c1. The molecular weight excluding hydrogens is 270 g/mol. The van der Waals surface area contributed by atoms with Gasteiger partial charge in [-0.1, -0.05) is 18.2 Å². The molecule has 1 aromatic rings. The van der Waals surface area contributed by atoms with Crippen LogP contribution < -0.4 is 5.32 Å². The van der Waals surface area contributed by atoms with Gasteiger partial charge in [-0.3, -0.25) is 0 Å². The lowest BCUT2D eigenvalue weighted by Gasteiger charge is -2.19. The maximum absolute atomic E-state index is 13.1. The first-order chi connectivity index (χ1) is 9.09.